The molecule has 0 aromatic heterocycles. The second-order valence-electron chi connectivity index (χ2n) is 7.05. The van der Waals surface area contributed by atoms with Gasteiger partial charge in [0, 0.05) is 12.2 Å². The number of hydrogen-bond acceptors (Lipinski definition) is 4. The maximum absolute atomic E-state index is 13.7. The number of halogens is 1. The molecule has 1 aliphatic heterocycles. The summed E-state index contributed by atoms with van der Waals surface area (Å²) in [5, 5.41) is 3.12. The average molecular weight is 320 g/mol. The third kappa shape index (κ3) is 3.60. The Balaban J connectivity index is 2.40. The van der Waals surface area contributed by atoms with Crippen molar-refractivity contribution in [3.8, 4) is 0 Å². The van der Waals surface area contributed by atoms with E-state index in [0.717, 1.165) is 16.6 Å². The Kier molecular flexibility index (Phi) is 4.90. The molecule has 0 aliphatic carbocycles. The largest absolute Gasteiger partial charge is 0.491 e. The lowest BCUT2D eigenvalue weighted by atomic mass is 9.76. The van der Waals surface area contributed by atoms with Gasteiger partial charge in [-0.2, -0.15) is 0 Å². The van der Waals surface area contributed by atoms with Crippen LogP contribution in [-0.4, -0.2) is 31.9 Å². The van der Waals surface area contributed by atoms with Gasteiger partial charge in [-0.05, 0) is 70.4 Å². The number of rotatable bonds is 4. The van der Waals surface area contributed by atoms with Gasteiger partial charge in [0.1, 0.15) is 5.82 Å². The zero-order chi connectivity index (χ0) is 17.4. The van der Waals surface area contributed by atoms with E-state index in [1.54, 1.807) is 0 Å². The highest BCUT2D eigenvalue weighted by Crippen LogP contribution is 2.39. The number of hydrogen-bond donors (Lipinski definition) is 2. The first-order valence-electron chi connectivity index (χ1n) is 7.84. The van der Waals surface area contributed by atoms with Gasteiger partial charge in [-0.25, -0.2) is 4.39 Å². The summed E-state index contributed by atoms with van der Waals surface area (Å²) in [5.74, 6) is -0.350. The second kappa shape index (κ2) is 6.26. The third-order valence-electron chi connectivity index (χ3n) is 4.73. The van der Waals surface area contributed by atoms with Crippen LogP contribution >= 0.6 is 0 Å². The van der Waals surface area contributed by atoms with Gasteiger partial charge < -0.3 is 20.4 Å². The van der Waals surface area contributed by atoms with E-state index in [-0.39, 0.29) is 5.82 Å². The zero-order valence-corrected chi connectivity index (χ0v) is 14.8. The van der Waals surface area contributed by atoms with Crippen LogP contribution in [0.25, 0.3) is 6.08 Å². The maximum atomic E-state index is 13.7. The Morgan fingerprint density at radius 3 is 2.35 bits per heavy atom. The normalized spacial score (nSPS) is 20.1. The van der Waals surface area contributed by atoms with E-state index < -0.39 is 18.3 Å². The van der Waals surface area contributed by atoms with Crippen LogP contribution in [0.15, 0.2) is 17.6 Å². The SMILES string of the molecule is CNCC(=Cc1cc(F)cc(N)c1C)B1OC(C)(C)C(C)(C)O1. The summed E-state index contributed by atoms with van der Waals surface area (Å²) in [5.41, 5.74) is 7.95. The molecule has 126 valence electrons. The molecule has 1 heterocycles. The molecule has 1 fully saturated rings. The van der Waals surface area contributed by atoms with Crippen molar-refractivity contribution in [1.29, 1.82) is 0 Å². The minimum Gasteiger partial charge on any atom is -0.400 e. The van der Waals surface area contributed by atoms with Gasteiger partial charge in [0.15, 0.2) is 0 Å². The van der Waals surface area contributed by atoms with Gasteiger partial charge in [0.05, 0.1) is 11.2 Å². The van der Waals surface area contributed by atoms with Gasteiger partial charge in [-0.15, -0.1) is 0 Å². The van der Waals surface area contributed by atoms with E-state index in [1.165, 1.54) is 12.1 Å². The molecule has 23 heavy (non-hydrogen) atoms. The van der Waals surface area contributed by atoms with Crippen molar-refractivity contribution in [1.82, 2.24) is 5.32 Å². The minimum atomic E-state index is -0.476. The Bertz CT molecular complexity index is 613. The Morgan fingerprint density at radius 1 is 1.26 bits per heavy atom. The molecule has 1 aromatic rings. The molecule has 0 amide bonds. The lowest BCUT2D eigenvalue weighted by Crippen LogP contribution is -2.41. The van der Waals surface area contributed by atoms with Crippen LogP contribution in [0.5, 0.6) is 0 Å². The topological polar surface area (TPSA) is 56.5 Å². The van der Waals surface area contributed by atoms with Crippen molar-refractivity contribution in [3.05, 3.63) is 34.5 Å². The first-order valence-corrected chi connectivity index (χ1v) is 7.84. The van der Waals surface area contributed by atoms with E-state index in [0.29, 0.717) is 12.2 Å². The van der Waals surface area contributed by atoms with Crippen LogP contribution in [0.1, 0.15) is 38.8 Å². The van der Waals surface area contributed by atoms with Crippen molar-refractivity contribution < 1.29 is 13.7 Å². The third-order valence-corrected chi connectivity index (χ3v) is 4.73. The second-order valence-corrected chi connectivity index (χ2v) is 7.05. The van der Waals surface area contributed by atoms with Crippen LogP contribution in [0.4, 0.5) is 10.1 Å². The van der Waals surface area contributed by atoms with E-state index in [1.807, 2.05) is 47.7 Å². The fourth-order valence-corrected chi connectivity index (χ4v) is 2.47. The van der Waals surface area contributed by atoms with Crippen LogP contribution in [0.2, 0.25) is 0 Å². The maximum Gasteiger partial charge on any atom is 0.491 e. The van der Waals surface area contributed by atoms with Gasteiger partial charge in [-0.3, -0.25) is 0 Å². The molecule has 1 aliphatic rings. The van der Waals surface area contributed by atoms with Crippen molar-refractivity contribution >= 4 is 18.9 Å². The zero-order valence-electron chi connectivity index (χ0n) is 14.8. The van der Waals surface area contributed by atoms with Gasteiger partial charge in [0.2, 0.25) is 0 Å². The first kappa shape index (κ1) is 18.0. The van der Waals surface area contributed by atoms with Crippen LogP contribution in [0.3, 0.4) is 0 Å². The highest BCUT2D eigenvalue weighted by atomic mass is 19.1. The molecular weight excluding hydrogens is 294 g/mol. The minimum absolute atomic E-state index is 0.350. The molecular formula is C17H26BFN2O2. The number of likely N-dealkylation sites (N-methyl/N-ethyl adjacent to an activating group) is 1. The number of nitrogens with two attached hydrogens (primary N) is 1. The fourth-order valence-electron chi connectivity index (χ4n) is 2.47. The summed E-state index contributed by atoms with van der Waals surface area (Å²) in [4.78, 5) is 0. The predicted octanol–water partition coefficient (Wildman–Crippen LogP) is 2.95. The van der Waals surface area contributed by atoms with E-state index in [4.69, 9.17) is 15.0 Å². The monoisotopic (exact) mass is 320 g/mol. The Labute approximate surface area is 138 Å². The van der Waals surface area contributed by atoms with Crippen LogP contribution < -0.4 is 11.1 Å². The highest BCUT2D eigenvalue weighted by Gasteiger charge is 2.52. The average Bonchev–Trinajstić information content (AvgIpc) is 2.63. The van der Waals surface area contributed by atoms with Crippen molar-refractivity contribution in [2.75, 3.05) is 19.3 Å². The molecule has 0 spiro atoms. The first-order chi connectivity index (χ1) is 10.6. The summed E-state index contributed by atoms with van der Waals surface area (Å²) in [6, 6.07) is 2.81. The summed E-state index contributed by atoms with van der Waals surface area (Å²) < 4.78 is 25.9. The van der Waals surface area contributed by atoms with Gasteiger partial charge in [-0.1, -0.05) is 6.08 Å². The molecule has 2 rings (SSSR count). The lowest BCUT2D eigenvalue weighted by molar-refractivity contribution is 0.00578. The molecule has 1 aromatic carbocycles. The Hall–Kier alpha value is -1.37. The number of nitrogens with one attached hydrogen (secondary N) is 1. The van der Waals surface area contributed by atoms with Gasteiger partial charge >= 0.3 is 7.12 Å². The fraction of sp³-hybridized carbons (Fsp3) is 0.529. The standard InChI is InChI=1S/C17H26BFN2O2/c1-11-12(8-14(19)9-15(11)20)7-13(10-21-6)18-22-16(2,3)17(4,5)23-18/h7-9,21H,10,20H2,1-6H3. The van der Waals surface area contributed by atoms with Crippen LogP contribution in [0, 0.1) is 12.7 Å². The van der Waals surface area contributed by atoms with Gasteiger partial charge in [0.25, 0.3) is 0 Å². The van der Waals surface area contributed by atoms with Crippen LogP contribution in [-0.2, 0) is 9.31 Å². The Morgan fingerprint density at radius 2 is 1.83 bits per heavy atom. The number of benzene rings is 1. The molecule has 0 unspecified atom stereocenters. The highest BCUT2D eigenvalue weighted by molar-refractivity contribution is 6.56. The van der Waals surface area contributed by atoms with Crippen molar-refractivity contribution in [2.24, 2.45) is 0 Å². The number of nitrogen functional groups attached to an aromatic ring is 1. The summed E-state index contributed by atoms with van der Waals surface area (Å²) >= 11 is 0. The molecule has 0 bridgehead atoms. The van der Waals surface area contributed by atoms with E-state index in [9.17, 15) is 4.39 Å². The molecule has 4 nitrogen and oxygen atoms in total. The molecule has 3 N–H and O–H groups in total. The summed E-state index contributed by atoms with van der Waals surface area (Å²) in [6.45, 7) is 10.5. The quantitative estimate of drug-likeness (QED) is 0.661. The molecule has 0 atom stereocenters. The lowest BCUT2D eigenvalue weighted by Gasteiger charge is -2.32. The number of anilines is 1. The molecule has 0 saturated carbocycles. The summed E-state index contributed by atoms with van der Waals surface area (Å²) in [7, 11) is 1.38. The molecule has 1 saturated heterocycles. The summed E-state index contributed by atoms with van der Waals surface area (Å²) in [6.07, 6.45) is 1.90. The van der Waals surface area contributed by atoms with Crippen molar-refractivity contribution in [2.45, 2.75) is 45.8 Å². The van der Waals surface area contributed by atoms with E-state index >= 15 is 0 Å². The molecule has 6 heteroatoms. The molecule has 0 radical (unpaired) electrons. The van der Waals surface area contributed by atoms with E-state index in [2.05, 4.69) is 5.32 Å². The smallest absolute Gasteiger partial charge is 0.400 e. The van der Waals surface area contributed by atoms with Crippen molar-refractivity contribution in [3.63, 3.8) is 0 Å². The predicted molar refractivity (Wildman–Crippen MR) is 93.5 cm³/mol.